The molecule has 1 aliphatic rings. The number of alkyl halides is 1. The Bertz CT molecular complexity index is 586. The van der Waals surface area contributed by atoms with Gasteiger partial charge in [-0.3, -0.25) is 0 Å². The number of benzene rings is 1. The topological polar surface area (TPSA) is 46.6 Å². The van der Waals surface area contributed by atoms with E-state index in [1.54, 1.807) is 0 Å². The van der Waals surface area contributed by atoms with Crippen molar-refractivity contribution in [3.8, 4) is 0 Å². The molecule has 2 rings (SSSR count). The lowest BCUT2D eigenvalue weighted by atomic mass is 10.1. The fraction of sp³-hybridized carbons (Fsp3) is 0.538. The number of halogens is 3. The Morgan fingerprint density at radius 3 is 2.43 bits per heavy atom. The van der Waals surface area contributed by atoms with Crippen LogP contribution < -0.4 is 0 Å². The maximum atomic E-state index is 12.5. The maximum absolute atomic E-state index is 12.5. The fourth-order valence-electron chi connectivity index (χ4n) is 2.24. The van der Waals surface area contributed by atoms with Crippen molar-refractivity contribution in [3.05, 3.63) is 28.2 Å². The lowest BCUT2D eigenvalue weighted by molar-refractivity contribution is 0.0301. The lowest BCUT2D eigenvalue weighted by Crippen LogP contribution is -2.41. The van der Waals surface area contributed by atoms with Crippen LogP contribution in [0.1, 0.15) is 12.8 Å². The van der Waals surface area contributed by atoms with E-state index in [4.69, 9.17) is 39.5 Å². The summed E-state index contributed by atoms with van der Waals surface area (Å²) >= 11 is 17.3. The van der Waals surface area contributed by atoms with Gasteiger partial charge in [-0.05, 0) is 31.0 Å². The third-order valence-electron chi connectivity index (χ3n) is 3.36. The molecule has 1 aromatic rings. The largest absolute Gasteiger partial charge is 0.377 e. The van der Waals surface area contributed by atoms with Crippen molar-refractivity contribution >= 4 is 44.8 Å². The van der Waals surface area contributed by atoms with Crippen LogP contribution >= 0.6 is 34.8 Å². The van der Waals surface area contributed by atoms with Gasteiger partial charge in [0.05, 0.1) is 27.7 Å². The van der Waals surface area contributed by atoms with Gasteiger partial charge in [-0.2, -0.15) is 4.31 Å². The van der Waals surface area contributed by atoms with E-state index >= 15 is 0 Å². The van der Waals surface area contributed by atoms with E-state index in [1.165, 1.54) is 22.5 Å². The first-order valence-corrected chi connectivity index (χ1v) is 9.31. The van der Waals surface area contributed by atoms with Crippen molar-refractivity contribution in [1.29, 1.82) is 0 Å². The summed E-state index contributed by atoms with van der Waals surface area (Å²) in [6.07, 6.45) is 1.40. The van der Waals surface area contributed by atoms with Crippen LogP contribution in [-0.2, 0) is 14.8 Å². The Morgan fingerprint density at radius 1 is 1.19 bits per heavy atom. The normalized spacial score (nSPS) is 18.0. The van der Waals surface area contributed by atoms with Crippen molar-refractivity contribution in [2.75, 3.05) is 25.6 Å². The molecule has 0 amide bonds. The number of ether oxygens (including phenoxy) is 1. The van der Waals surface area contributed by atoms with Crippen LogP contribution in [0, 0.1) is 0 Å². The highest BCUT2D eigenvalue weighted by Gasteiger charge is 2.29. The highest BCUT2D eigenvalue weighted by molar-refractivity contribution is 7.89. The molecule has 1 saturated heterocycles. The molecule has 1 aliphatic heterocycles. The number of rotatable bonds is 5. The Labute approximate surface area is 140 Å². The van der Waals surface area contributed by atoms with Gasteiger partial charge in [0.2, 0.25) is 10.0 Å². The van der Waals surface area contributed by atoms with Crippen molar-refractivity contribution in [3.63, 3.8) is 0 Å². The zero-order valence-corrected chi connectivity index (χ0v) is 14.4. The quantitative estimate of drug-likeness (QED) is 0.744. The SMILES string of the molecule is O=S(=O)(c1ccc(Cl)c(Cl)c1)N1CCC(OCCCl)CC1. The van der Waals surface area contributed by atoms with Crippen LogP contribution in [-0.4, -0.2) is 44.4 Å². The monoisotopic (exact) mass is 371 g/mol. The van der Waals surface area contributed by atoms with E-state index in [-0.39, 0.29) is 16.0 Å². The maximum Gasteiger partial charge on any atom is 0.243 e. The van der Waals surface area contributed by atoms with Gasteiger partial charge in [0.1, 0.15) is 0 Å². The minimum atomic E-state index is -3.54. The van der Waals surface area contributed by atoms with E-state index < -0.39 is 10.0 Å². The van der Waals surface area contributed by atoms with E-state index in [2.05, 4.69) is 0 Å². The summed E-state index contributed by atoms with van der Waals surface area (Å²) in [6, 6.07) is 4.35. The Hall–Kier alpha value is -0.0400. The summed E-state index contributed by atoms with van der Waals surface area (Å²) < 4.78 is 32.1. The first kappa shape index (κ1) is 17.3. The van der Waals surface area contributed by atoms with Gasteiger partial charge in [-0.1, -0.05) is 23.2 Å². The zero-order valence-electron chi connectivity index (χ0n) is 11.3. The van der Waals surface area contributed by atoms with Crippen molar-refractivity contribution in [1.82, 2.24) is 4.31 Å². The average molecular weight is 373 g/mol. The zero-order chi connectivity index (χ0) is 15.5. The first-order chi connectivity index (χ1) is 9.95. The van der Waals surface area contributed by atoms with Gasteiger partial charge in [0.15, 0.2) is 0 Å². The Balaban J connectivity index is 2.06. The van der Waals surface area contributed by atoms with E-state index in [9.17, 15) is 8.42 Å². The molecular formula is C13H16Cl3NO3S. The summed E-state index contributed by atoms with van der Waals surface area (Å²) in [5, 5.41) is 0.571. The number of sulfonamides is 1. The summed E-state index contributed by atoms with van der Waals surface area (Å²) in [5.74, 6) is 0.446. The number of hydrogen-bond acceptors (Lipinski definition) is 3. The lowest BCUT2D eigenvalue weighted by Gasteiger charge is -2.31. The molecule has 0 spiro atoms. The van der Waals surface area contributed by atoms with Crippen LogP contribution in [0.15, 0.2) is 23.1 Å². The smallest absolute Gasteiger partial charge is 0.243 e. The van der Waals surface area contributed by atoms with Gasteiger partial charge in [0, 0.05) is 19.0 Å². The average Bonchev–Trinajstić information content (AvgIpc) is 2.48. The van der Waals surface area contributed by atoms with Crippen LogP contribution in [0.5, 0.6) is 0 Å². The van der Waals surface area contributed by atoms with Gasteiger partial charge in [-0.25, -0.2) is 8.42 Å². The number of nitrogens with zero attached hydrogens (tertiary/aromatic N) is 1. The van der Waals surface area contributed by atoms with Crippen molar-refractivity contribution in [2.45, 2.75) is 23.8 Å². The minimum absolute atomic E-state index is 0.0732. The van der Waals surface area contributed by atoms with Crippen molar-refractivity contribution in [2.24, 2.45) is 0 Å². The number of hydrogen-bond donors (Lipinski definition) is 0. The van der Waals surface area contributed by atoms with Gasteiger partial charge < -0.3 is 4.74 Å². The molecule has 0 aromatic heterocycles. The van der Waals surface area contributed by atoms with Crippen molar-refractivity contribution < 1.29 is 13.2 Å². The van der Waals surface area contributed by atoms with Crippen LogP contribution in [0.3, 0.4) is 0 Å². The van der Waals surface area contributed by atoms with Gasteiger partial charge >= 0.3 is 0 Å². The van der Waals surface area contributed by atoms with Gasteiger partial charge in [-0.15, -0.1) is 11.6 Å². The molecule has 0 N–H and O–H groups in total. The second-order valence-electron chi connectivity index (χ2n) is 4.74. The molecule has 0 saturated carbocycles. The summed E-state index contributed by atoms with van der Waals surface area (Å²) in [7, 11) is -3.54. The first-order valence-electron chi connectivity index (χ1n) is 6.58. The second kappa shape index (κ2) is 7.49. The molecule has 0 unspecified atom stereocenters. The van der Waals surface area contributed by atoms with E-state index in [1.807, 2.05) is 0 Å². The molecule has 21 heavy (non-hydrogen) atoms. The van der Waals surface area contributed by atoms with E-state index in [0.717, 1.165) is 0 Å². The Morgan fingerprint density at radius 2 is 1.86 bits per heavy atom. The molecule has 1 fully saturated rings. The second-order valence-corrected chi connectivity index (χ2v) is 7.87. The van der Waals surface area contributed by atoms with E-state index in [0.29, 0.717) is 43.4 Å². The third-order valence-corrected chi connectivity index (χ3v) is 6.15. The summed E-state index contributed by atoms with van der Waals surface area (Å²) in [5.41, 5.74) is 0. The minimum Gasteiger partial charge on any atom is -0.377 e. The predicted octanol–water partition coefficient (Wildman–Crippen LogP) is 3.40. The third kappa shape index (κ3) is 4.24. The summed E-state index contributed by atoms with van der Waals surface area (Å²) in [4.78, 5) is 0.164. The molecule has 0 aliphatic carbocycles. The molecule has 0 bridgehead atoms. The molecule has 4 nitrogen and oxygen atoms in total. The fourth-order valence-corrected chi connectivity index (χ4v) is 4.19. The van der Waals surface area contributed by atoms with Crippen LogP contribution in [0.4, 0.5) is 0 Å². The molecule has 8 heteroatoms. The molecule has 1 heterocycles. The van der Waals surface area contributed by atoms with Crippen LogP contribution in [0.25, 0.3) is 0 Å². The highest BCUT2D eigenvalue weighted by Crippen LogP contribution is 2.28. The predicted molar refractivity (Wildman–Crippen MR) is 84.9 cm³/mol. The van der Waals surface area contributed by atoms with Crippen LogP contribution in [0.2, 0.25) is 10.0 Å². The highest BCUT2D eigenvalue weighted by atomic mass is 35.5. The number of piperidine rings is 1. The molecule has 1 aromatic carbocycles. The molecule has 0 atom stereocenters. The molecule has 0 radical (unpaired) electrons. The summed E-state index contributed by atoms with van der Waals surface area (Å²) in [6.45, 7) is 1.34. The standard InChI is InChI=1S/C13H16Cl3NO3S/c14-5-8-20-10-3-6-17(7-4-10)21(18,19)11-1-2-12(15)13(16)9-11/h1-2,9-10H,3-8H2. The molecular weight excluding hydrogens is 357 g/mol. The molecule has 118 valence electrons. The Kier molecular flexibility index (Phi) is 6.17. The van der Waals surface area contributed by atoms with Gasteiger partial charge in [0.25, 0.3) is 0 Å².